The van der Waals surface area contributed by atoms with Gasteiger partial charge in [-0.3, -0.25) is 0 Å². The van der Waals surface area contributed by atoms with Crippen LogP contribution in [-0.4, -0.2) is 9.13 Å². The molecular formula is C116H76N4. The van der Waals surface area contributed by atoms with Crippen LogP contribution in [0.1, 0.15) is 0 Å². The predicted molar refractivity (Wildman–Crippen MR) is 510 cm³/mol. The van der Waals surface area contributed by atoms with E-state index in [1.807, 2.05) is 0 Å². The minimum Gasteiger partial charge on any atom is -0.310 e. The molecule has 0 aliphatic heterocycles. The summed E-state index contributed by atoms with van der Waals surface area (Å²) in [6.45, 7) is 0. The molecule has 0 N–H and O–H groups in total. The average Bonchev–Trinajstić information content (AvgIpc) is 1.52. The lowest BCUT2D eigenvalue weighted by Crippen LogP contribution is -2.12. The molecule has 120 heavy (non-hydrogen) atoms. The van der Waals surface area contributed by atoms with Crippen molar-refractivity contribution in [2.75, 3.05) is 9.80 Å². The van der Waals surface area contributed by atoms with Crippen molar-refractivity contribution in [1.29, 1.82) is 0 Å². The highest BCUT2D eigenvalue weighted by Gasteiger charge is 2.26. The Kier molecular flexibility index (Phi) is 16.9. The van der Waals surface area contributed by atoms with E-state index in [4.69, 9.17) is 0 Å². The van der Waals surface area contributed by atoms with E-state index < -0.39 is 0 Å². The fourth-order valence-electron chi connectivity index (χ4n) is 19.1. The van der Waals surface area contributed by atoms with Crippen LogP contribution in [0.15, 0.2) is 461 Å². The smallest absolute Gasteiger partial charge is 0.0547 e. The zero-order valence-electron chi connectivity index (χ0n) is 65.7. The van der Waals surface area contributed by atoms with Crippen LogP contribution in [0.4, 0.5) is 34.1 Å². The highest BCUT2D eigenvalue weighted by molar-refractivity contribution is 6.19. The standard InChI is InChI=1S/C116H76N4/c1-2-37-92(38-3-1)118-110-52-18-14-45-106(110)115-102(48-24-54-112(115)118)89-34-21-32-87(73-89)101-42-13-17-51-109(101)119(114-76-91-30-8-9-40-98(91)104-43-10-11-44-105(104)114)94-66-60-80(61-67-94)84-63-69-99-85(71-84)36-23-47-97(99)90-35-22-39-95(75-90)120-111-53-19-15-46-107(111)116-103(49-25-55-113(116)120)88-33-20-31-86(72-88)100-41-12-16-50-108(100)117(96-68-62-78-27-5-7-29-82(78)74-96)93-64-58-79(59-65-93)83-57-56-77-26-4-6-28-81(77)70-83/h1-76H. The first-order valence-corrected chi connectivity index (χ1v) is 41.3. The number of para-hydroxylation sites is 5. The molecule has 23 aromatic rings. The predicted octanol–water partition coefficient (Wildman–Crippen LogP) is 32.3. The van der Waals surface area contributed by atoms with E-state index >= 15 is 0 Å². The molecule has 23 rings (SSSR count). The number of nitrogens with zero attached hydrogens (tertiary/aromatic N) is 4. The molecule has 0 radical (unpaired) electrons. The molecule has 0 aliphatic rings. The van der Waals surface area contributed by atoms with Crippen LogP contribution in [0.25, 0.3) is 187 Å². The fourth-order valence-corrected chi connectivity index (χ4v) is 19.1. The summed E-state index contributed by atoms with van der Waals surface area (Å²) in [6.07, 6.45) is 0. The van der Waals surface area contributed by atoms with Gasteiger partial charge in [0, 0.05) is 66.5 Å². The van der Waals surface area contributed by atoms with Gasteiger partial charge in [0.25, 0.3) is 0 Å². The summed E-state index contributed by atoms with van der Waals surface area (Å²) in [5.74, 6) is 0. The van der Waals surface area contributed by atoms with E-state index in [-0.39, 0.29) is 0 Å². The number of rotatable bonds is 15. The molecule has 0 amide bonds. The zero-order valence-corrected chi connectivity index (χ0v) is 65.7. The summed E-state index contributed by atoms with van der Waals surface area (Å²) >= 11 is 0. The molecule has 0 unspecified atom stereocenters. The normalized spacial score (nSPS) is 11.7. The summed E-state index contributed by atoms with van der Waals surface area (Å²) < 4.78 is 4.87. The Morgan fingerprint density at radius 1 is 0.150 bits per heavy atom. The first-order chi connectivity index (χ1) is 59.5. The SMILES string of the molecule is c1ccc(-n2c3ccccc3c3c(-c4cccc(-c5ccccc5N(c5ccc(-c6ccc7c(-c8cccc(-n9c%10ccccc%10c%10c(-c%11cccc(-c%12ccccc%12N(c%12ccc(-c%13ccc%14ccccc%14c%13)cc%12)c%12ccc%13ccccc%13c%12)c%11)cccc%109)c8)cccc7c6)cc5)c5cc6ccccc6c6ccccc56)c4)cccc32)cc1. The van der Waals surface area contributed by atoms with Crippen molar-refractivity contribution < 1.29 is 0 Å². The van der Waals surface area contributed by atoms with E-state index in [2.05, 4.69) is 480 Å². The van der Waals surface area contributed by atoms with Gasteiger partial charge in [-0.25, -0.2) is 0 Å². The van der Waals surface area contributed by atoms with E-state index in [1.54, 1.807) is 0 Å². The average molecular weight is 1530 g/mol. The van der Waals surface area contributed by atoms with Gasteiger partial charge in [0.05, 0.1) is 39.1 Å². The molecule has 2 heterocycles. The summed E-state index contributed by atoms with van der Waals surface area (Å²) in [4.78, 5) is 4.91. The van der Waals surface area contributed by atoms with Gasteiger partial charge < -0.3 is 18.9 Å². The maximum Gasteiger partial charge on any atom is 0.0547 e. The van der Waals surface area contributed by atoms with Crippen molar-refractivity contribution in [3.63, 3.8) is 0 Å². The second-order valence-corrected chi connectivity index (χ2v) is 31.4. The number of aromatic nitrogens is 2. The lowest BCUT2D eigenvalue weighted by molar-refractivity contribution is 1.18. The van der Waals surface area contributed by atoms with E-state index in [9.17, 15) is 0 Å². The van der Waals surface area contributed by atoms with Crippen molar-refractivity contribution in [2.24, 2.45) is 0 Å². The number of benzene rings is 21. The van der Waals surface area contributed by atoms with Crippen molar-refractivity contribution in [3.05, 3.63) is 461 Å². The van der Waals surface area contributed by atoms with Crippen LogP contribution in [0.5, 0.6) is 0 Å². The van der Waals surface area contributed by atoms with Crippen molar-refractivity contribution in [3.8, 4) is 89.3 Å². The Morgan fingerprint density at radius 3 is 1.15 bits per heavy atom. The molecule has 0 bridgehead atoms. The zero-order chi connectivity index (χ0) is 79.1. The number of hydrogen-bond acceptors (Lipinski definition) is 2. The molecule has 0 saturated carbocycles. The molecule has 21 aromatic carbocycles. The molecule has 4 heteroatoms. The maximum atomic E-state index is 2.49. The van der Waals surface area contributed by atoms with Crippen LogP contribution in [-0.2, 0) is 0 Å². The van der Waals surface area contributed by atoms with Gasteiger partial charge >= 0.3 is 0 Å². The second-order valence-electron chi connectivity index (χ2n) is 31.4. The third kappa shape index (κ3) is 12.0. The van der Waals surface area contributed by atoms with E-state index in [0.717, 1.165) is 107 Å². The maximum absolute atomic E-state index is 2.49. The molecule has 4 nitrogen and oxygen atoms in total. The van der Waals surface area contributed by atoms with Gasteiger partial charge in [0.1, 0.15) is 0 Å². The van der Waals surface area contributed by atoms with Gasteiger partial charge in [-0.2, -0.15) is 0 Å². The van der Waals surface area contributed by atoms with Gasteiger partial charge in [0.2, 0.25) is 0 Å². The van der Waals surface area contributed by atoms with E-state index in [1.165, 1.54) is 114 Å². The Morgan fingerprint density at radius 2 is 0.525 bits per heavy atom. The quantitative estimate of drug-likeness (QED) is 0.0951. The summed E-state index contributed by atoms with van der Waals surface area (Å²) in [7, 11) is 0. The first kappa shape index (κ1) is 69.6. The molecule has 0 aliphatic carbocycles. The second kappa shape index (κ2) is 29.1. The van der Waals surface area contributed by atoms with Crippen LogP contribution in [0, 0.1) is 0 Å². The largest absolute Gasteiger partial charge is 0.310 e. The van der Waals surface area contributed by atoms with Gasteiger partial charge in [-0.15, -0.1) is 0 Å². The molecule has 2 aromatic heterocycles. The van der Waals surface area contributed by atoms with Crippen LogP contribution in [0.3, 0.4) is 0 Å². The number of anilines is 6. The summed E-state index contributed by atoms with van der Waals surface area (Å²) in [5.41, 5.74) is 29.7. The summed E-state index contributed by atoms with van der Waals surface area (Å²) in [5, 5.41) is 17.0. The van der Waals surface area contributed by atoms with Crippen molar-refractivity contribution in [2.45, 2.75) is 0 Å². The highest BCUT2D eigenvalue weighted by Crippen LogP contribution is 2.50. The summed E-state index contributed by atoms with van der Waals surface area (Å²) in [6, 6.07) is 170. The molecule has 0 saturated heterocycles. The molecule has 0 atom stereocenters. The Bertz CT molecular complexity index is 7980. The third-order valence-corrected chi connectivity index (χ3v) is 24.6. The molecule has 0 fully saturated rings. The molecular weight excluding hydrogens is 1450 g/mol. The van der Waals surface area contributed by atoms with Crippen LogP contribution < -0.4 is 9.80 Å². The third-order valence-electron chi connectivity index (χ3n) is 24.6. The van der Waals surface area contributed by atoms with Crippen LogP contribution >= 0.6 is 0 Å². The number of fused-ring (bicyclic) bond motifs is 12. The Hall–Kier alpha value is -15.9. The lowest BCUT2D eigenvalue weighted by Gasteiger charge is -2.30. The lowest BCUT2D eigenvalue weighted by atomic mass is 9.94. The fraction of sp³-hybridized carbons (Fsp3) is 0. The van der Waals surface area contributed by atoms with Crippen molar-refractivity contribution in [1.82, 2.24) is 9.13 Å². The first-order valence-electron chi connectivity index (χ1n) is 41.3. The molecule has 560 valence electrons. The minimum absolute atomic E-state index is 1.06. The van der Waals surface area contributed by atoms with Gasteiger partial charge in [-0.1, -0.05) is 334 Å². The topological polar surface area (TPSA) is 16.3 Å². The number of hydrogen-bond donors (Lipinski definition) is 0. The van der Waals surface area contributed by atoms with Gasteiger partial charge in [0.15, 0.2) is 0 Å². The Balaban J connectivity index is 0.581. The highest BCUT2D eigenvalue weighted by atomic mass is 15.2. The minimum atomic E-state index is 1.06. The van der Waals surface area contributed by atoms with E-state index in [0.29, 0.717) is 0 Å². The van der Waals surface area contributed by atoms with Crippen molar-refractivity contribution >= 4 is 132 Å². The monoisotopic (exact) mass is 1520 g/mol. The van der Waals surface area contributed by atoms with Crippen LogP contribution in [0.2, 0.25) is 0 Å². The van der Waals surface area contributed by atoms with Gasteiger partial charge in [-0.05, 0) is 243 Å². The molecule has 0 spiro atoms. The Labute approximate surface area is 696 Å².